The predicted molar refractivity (Wildman–Crippen MR) is 78.8 cm³/mol. The molecular weight excluding hydrogens is 346 g/mol. The van der Waals surface area contributed by atoms with Gasteiger partial charge < -0.3 is 21.7 Å². The van der Waals surface area contributed by atoms with E-state index >= 15 is 0 Å². The molecule has 0 bridgehead atoms. The number of carbonyl (C=O) groups is 1. The Balaban J connectivity index is 0.00000176. The van der Waals surface area contributed by atoms with Crippen LogP contribution in [0.1, 0.15) is 11.1 Å². The SMILES string of the molecule is NC1=[N+](NC(=O)COc2ccccc2)Cc2ccccc21.[Br-]. The molecule has 114 valence electrons. The fourth-order valence-electron chi connectivity index (χ4n) is 2.26. The lowest BCUT2D eigenvalue weighted by Gasteiger charge is -2.07. The fourth-order valence-corrected chi connectivity index (χ4v) is 2.26. The molecule has 0 saturated carbocycles. The third kappa shape index (κ3) is 3.46. The van der Waals surface area contributed by atoms with Crippen molar-refractivity contribution in [3.05, 3.63) is 65.7 Å². The minimum atomic E-state index is -0.241. The number of hydrogen-bond donors (Lipinski definition) is 2. The minimum Gasteiger partial charge on any atom is -1.00 e. The maximum absolute atomic E-state index is 11.9. The summed E-state index contributed by atoms with van der Waals surface area (Å²) < 4.78 is 7.04. The number of halogens is 1. The highest BCUT2D eigenvalue weighted by atomic mass is 79.9. The van der Waals surface area contributed by atoms with E-state index in [0.29, 0.717) is 18.1 Å². The highest BCUT2D eigenvalue weighted by molar-refractivity contribution is 5.96. The number of fused-ring (bicyclic) bond motifs is 1. The van der Waals surface area contributed by atoms with E-state index in [1.807, 2.05) is 42.5 Å². The van der Waals surface area contributed by atoms with Gasteiger partial charge in [-0.05, 0) is 18.2 Å². The van der Waals surface area contributed by atoms with E-state index in [-0.39, 0.29) is 29.5 Å². The number of benzene rings is 2. The van der Waals surface area contributed by atoms with Gasteiger partial charge >= 0.3 is 0 Å². The Hall–Kier alpha value is -2.34. The van der Waals surface area contributed by atoms with E-state index in [1.165, 1.54) is 0 Å². The highest BCUT2D eigenvalue weighted by Crippen LogP contribution is 2.14. The zero-order chi connectivity index (χ0) is 14.7. The van der Waals surface area contributed by atoms with E-state index < -0.39 is 0 Å². The lowest BCUT2D eigenvalue weighted by Crippen LogP contribution is -3.00. The maximum atomic E-state index is 11.9. The molecule has 0 unspecified atom stereocenters. The number of hydrazone groups is 1. The number of nitrogens with one attached hydrogen (secondary N) is 1. The third-order valence-corrected chi connectivity index (χ3v) is 3.29. The molecule has 0 atom stereocenters. The van der Waals surface area contributed by atoms with Gasteiger partial charge in [0.15, 0.2) is 6.61 Å². The molecule has 0 aliphatic carbocycles. The summed E-state index contributed by atoms with van der Waals surface area (Å²) in [5.41, 5.74) is 10.8. The van der Waals surface area contributed by atoms with Gasteiger partial charge in [-0.3, -0.25) is 10.5 Å². The predicted octanol–water partition coefficient (Wildman–Crippen LogP) is -1.97. The summed E-state index contributed by atoms with van der Waals surface area (Å²) in [6.45, 7) is 0.517. The Morgan fingerprint density at radius 1 is 1.14 bits per heavy atom. The Bertz CT molecular complexity index is 702. The van der Waals surface area contributed by atoms with Crippen LogP contribution in [0.15, 0.2) is 54.6 Å². The van der Waals surface area contributed by atoms with Crippen LogP contribution in [0.2, 0.25) is 0 Å². The first-order valence-electron chi connectivity index (χ1n) is 6.69. The van der Waals surface area contributed by atoms with Crippen LogP contribution in [-0.2, 0) is 11.3 Å². The number of para-hydroxylation sites is 1. The second kappa shape index (κ2) is 7.09. The summed E-state index contributed by atoms with van der Waals surface area (Å²) in [6.07, 6.45) is 0. The quantitative estimate of drug-likeness (QED) is 0.621. The van der Waals surface area contributed by atoms with Crippen molar-refractivity contribution in [3.63, 3.8) is 0 Å². The number of rotatable bonds is 4. The Morgan fingerprint density at radius 2 is 1.82 bits per heavy atom. The first-order valence-corrected chi connectivity index (χ1v) is 6.69. The average molecular weight is 362 g/mol. The molecule has 3 rings (SSSR count). The zero-order valence-corrected chi connectivity index (χ0v) is 13.4. The minimum absolute atomic E-state index is 0. The average Bonchev–Trinajstić information content (AvgIpc) is 2.83. The van der Waals surface area contributed by atoms with E-state index in [9.17, 15) is 4.79 Å². The van der Waals surface area contributed by atoms with Crippen molar-refractivity contribution in [2.45, 2.75) is 6.54 Å². The first kappa shape index (κ1) is 16.0. The Labute approximate surface area is 139 Å². The molecule has 1 amide bonds. The number of amidine groups is 1. The van der Waals surface area contributed by atoms with Crippen LogP contribution in [-0.4, -0.2) is 23.0 Å². The van der Waals surface area contributed by atoms with Gasteiger partial charge in [-0.1, -0.05) is 36.4 Å². The molecule has 0 radical (unpaired) electrons. The van der Waals surface area contributed by atoms with Gasteiger partial charge in [0.25, 0.3) is 11.7 Å². The van der Waals surface area contributed by atoms with Gasteiger partial charge in [-0.15, -0.1) is 0 Å². The molecule has 1 aliphatic rings. The van der Waals surface area contributed by atoms with Gasteiger partial charge in [0.2, 0.25) is 0 Å². The highest BCUT2D eigenvalue weighted by Gasteiger charge is 2.25. The molecule has 0 spiro atoms. The number of ether oxygens (including phenoxy) is 1. The Morgan fingerprint density at radius 3 is 2.55 bits per heavy atom. The molecule has 1 aliphatic heterocycles. The Kier molecular flexibility index (Phi) is 5.16. The molecule has 5 nitrogen and oxygen atoms in total. The standard InChI is InChI=1S/C16H15N3O2.BrH/c17-16-14-9-5-4-6-12(14)10-19(16)18-15(20)11-21-13-7-2-1-3-8-13;/h1-9,17H,10-11H2,(H,18,20);1H. The number of nitrogens with two attached hydrogens (primary N) is 1. The van der Waals surface area contributed by atoms with Gasteiger partial charge in [-0.2, -0.15) is 10.1 Å². The molecule has 6 heteroatoms. The molecule has 1 heterocycles. The molecular formula is C16H16BrN3O2. The van der Waals surface area contributed by atoms with Crippen molar-refractivity contribution in [2.75, 3.05) is 6.61 Å². The van der Waals surface area contributed by atoms with Crippen molar-refractivity contribution in [2.24, 2.45) is 5.73 Å². The lowest BCUT2D eigenvalue weighted by molar-refractivity contribution is -0.586. The molecule has 22 heavy (non-hydrogen) atoms. The summed E-state index contributed by atoms with van der Waals surface area (Å²) in [7, 11) is 0. The smallest absolute Gasteiger partial charge is 0.299 e. The second-order valence-electron chi connectivity index (χ2n) is 4.77. The van der Waals surface area contributed by atoms with Gasteiger partial charge in [-0.25, -0.2) is 0 Å². The first-order chi connectivity index (χ1) is 10.2. The van der Waals surface area contributed by atoms with Crippen LogP contribution in [0, 0.1) is 0 Å². The van der Waals surface area contributed by atoms with E-state index in [0.717, 1.165) is 11.1 Å². The van der Waals surface area contributed by atoms with Gasteiger partial charge in [0.1, 0.15) is 12.3 Å². The third-order valence-electron chi connectivity index (χ3n) is 3.29. The summed E-state index contributed by atoms with van der Waals surface area (Å²) in [5, 5.41) is 0. The number of amides is 1. The van der Waals surface area contributed by atoms with E-state index in [1.54, 1.807) is 16.8 Å². The van der Waals surface area contributed by atoms with Gasteiger partial charge in [0.05, 0.1) is 5.56 Å². The number of hydrazine groups is 1. The fraction of sp³-hybridized carbons (Fsp3) is 0.125. The van der Waals surface area contributed by atoms with Crippen LogP contribution in [0.4, 0.5) is 0 Å². The van der Waals surface area contributed by atoms with Crippen LogP contribution < -0.4 is 32.9 Å². The van der Waals surface area contributed by atoms with Crippen molar-refractivity contribution >= 4 is 11.7 Å². The van der Waals surface area contributed by atoms with Crippen LogP contribution >= 0.6 is 0 Å². The molecule has 3 N–H and O–H groups in total. The monoisotopic (exact) mass is 361 g/mol. The molecule has 0 fully saturated rings. The summed E-state index contributed by atoms with van der Waals surface area (Å²) >= 11 is 0. The van der Waals surface area contributed by atoms with Gasteiger partial charge in [0, 0.05) is 5.56 Å². The van der Waals surface area contributed by atoms with Crippen LogP contribution in [0.5, 0.6) is 5.75 Å². The van der Waals surface area contributed by atoms with E-state index in [4.69, 9.17) is 10.5 Å². The molecule has 0 saturated heterocycles. The summed E-state index contributed by atoms with van der Waals surface area (Å²) in [6, 6.07) is 17.0. The topological polar surface area (TPSA) is 67.4 Å². The maximum Gasteiger partial charge on any atom is 0.299 e. The van der Waals surface area contributed by atoms with Crippen molar-refractivity contribution < 1.29 is 31.2 Å². The van der Waals surface area contributed by atoms with Crippen molar-refractivity contribution in [1.29, 1.82) is 0 Å². The van der Waals surface area contributed by atoms with Crippen LogP contribution in [0.3, 0.4) is 0 Å². The van der Waals surface area contributed by atoms with Crippen LogP contribution in [0.25, 0.3) is 0 Å². The summed E-state index contributed by atoms with van der Waals surface area (Å²) in [4.78, 5) is 11.9. The van der Waals surface area contributed by atoms with E-state index in [2.05, 4.69) is 5.43 Å². The number of carbonyl (C=O) groups excluding carboxylic acids is 1. The molecule has 0 aromatic heterocycles. The second-order valence-corrected chi connectivity index (χ2v) is 4.77. The lowest BCUT2D eigenvalue weighted by atomic mass is 10.1. The molecule has 2 aromatic rings. The normalized spacial score (nSPS) is 12.4. The molecule has 2 aromatic carbocycles. The zero-order valence-electron chi connectivity index (χ0n) is 11.8. The summed E-state index contributed by atoms with van der Waals surface area (Å²) in [5.74, 6) is 0.975. The van der Waals surface area contributed by atoms with Crippen molar-refractivity contribution in [3.8, 4) is 5.75 Å². The number of hydrogen-bond acceptors (Lipinski definition) is 3. The number of nitrogens with zero attached hydrogens (tertiary/aromatic N) is 1. The van der Waals surface area contributed by atoms with Crippen molar-refractivity contribution in [1.82, 2.24) is 5.43 Å². The largest absolute Gasteiger partial charge is 1.00 e.